The zero-order chi connectivity index (χ0) is 19.4. The van der Waals surface area contributed by atoms with Gasteiger partial charge in [-0.25, -0.2) is 8.42 Å². The molecule has 138 valence electrons. The SMILES string of the molecule is Cc1ccc(S(=O)(=O)[C@H]2[C@@H](c3ccc4c(c3)OCO4)[C@@]2(C#N)C(=O)O)cc1. The second-order valence-electron chi connectivity index (χ2n) is 6.66. The smallest absolute Gasteiger partial charge is 0.326 e. The minimum Gasteiger partial charge on any atom is -0.480 e. The molecule has 2 aliphatic rings. The van der Waals surface area contributed by atoms with Gasteiger partial charge >= 0.3 is 5.97 Å². The van der Waals surface area contributed by atoms with Gasteiger partial charge < -0.3 is 14.6 Å². The van der Waals surface area contributed by atoms with Crippen molar-refractivity contribution < 1.29 is 27.8 Å². The first-order chi connectivity index (χ1) is 12.8. The standard InChI is InChI=1S/C19H15NO6S/c1-11-2-5-13(6-3-11)27(23,24)17-16(19(17,9-20)18(21)22)12-4-7-14-15(8-12)26-10-25-14/h2-8,16-17H,10H2,1H3,(H,21,22)/t16-,17+,19-/m1/s1. The van der Waals surface area contributed by atoms with Crippen molar-refractivity contribution in [3.8, 4) is 17.6 Å². The van der Waals surface area contributed by atoms with E-state index in [1.807, 2.05) is 6.92 Å². The summed E-state index contributed by atoms with van der Waals surface area (Å²) in [5.74, 6) is -1.55. The van der Waals surface area contributed by atoms with Crippen molar-refractivity contribution in [1.82, 2.24) is 0 Å². The number of rotatable bonds is 4. The molecule has 4 rings (SSSR count). The summed E-state index contributed by atoms with van der Waals surface area (Å²) in [4.78, 5) is 11.9. The lowest BCUT2D eigenvalue weighted by molar-refractivity contribution is -0.141. The highest BCUT2D eigenvalue weighted by Gasteiger charge is 2.77. The molecule has 1 fully saturated rings. The first kappa shape index (κ1) is 17.4. The van der Waals surface area contributed by atoms with E-state index in [0.29, 0.717) is 17.1 Å². The normalized spacial score (nSPS) is 25.6. The molecule has 0 radical (unpaired) electrons. The maximum Gasteiger partial charge on any atom is 0.326 e. The molecule has 2 aromatic rings. The summed E-state index contributed by atoms with van der Waals surface area (Å²) in [5, 5.41) is 18.0. The summed E-state index contributed by atoms with van der Waals surface area (Å²) in [5.41, 5.74) is -0.747. The van der Waals surface area contributed by atoms with E-state index in [4.69, 9.17) is 9.47 Å². The second kappa shape index (κ2) is 5.72. The van der Waals surface area contributed by atoms with Crippen LogP contribution in [0.15, 0.2) is 47.4 Å². The van der Waals surface area contributed by atoms with Crippen LogP contribution in [0.25, 0.3) is 0 Å². The van der Waals surface area contributed by atoms with Crippen LogP contribution in [0.2, 0.25) is 0 Å². The molecule has 2 aromatic carbocycles. The zero-order valence-corrected chi connectivity index (χ0v) is 15.1. The van der Waals surface area contributed by atoms with Crippen LogP contribution in [-0.2, 0) is 14.6 Å². The van der Waals surface area contributed by atoms with Crippen LogP contribution < -0.4 is 9.47 Å². The van der Waals surface area contributed by atoms with Gasteiger partial charge in [0.05, 0.1) is 11.0 Å². The number of fused-ring (bicyclic) bond motifs is 1. The summed E-state index contributed by atoms with van der Waals surface area (Å²) >= 11 is 0. The van der Waals surface area contributed by atoms with Gasteiger partial charge in [0.25, 0.3) is 0 Å². The first-order valence-electron chi connectivity index (χ1n) is 8.17. The van der Waals surface area contributed by atoms with Crippen LogP contribution in [0, 0.1) is 23.7 Å². The second-order valence-corrected chi connectivity index (χ2v) is 8.72. The Bertz CT molecular complexity index is 1090. The van der Waals surface area contributed by atoms with E-state index in [1.54, 1.807) is 36.4 Å². The number of benzene rings is 2. The Morgan fingerprint density at radius 2 is 1.85 bits per heavy atom. The van der Waals surface area contributed by atoms with Crippen LogP contribution in [0.1, 0.15) is 17.0 Å². The van der Waals surface area contributed by atoms with E-state index in [9.17, 15) is 23.6 Å². The Balaban J connectivity index is 1.82. The van der Waals surface area contributed by atoms with E-state index in [1.165, 1.54) is 12.1 Å². The lowest BCUT2D eigenvalue weighted by Gasteiger charge is -2.05. The molecule has 0 bridgehead atoms. The van der Waals surface area contributed by atoms with Crippen LogP contribution >= 0.6 is 0 Å². The summed E-state index contributed by atoms with van der Waals surface area (Å²) in [6, 6.07) is 12.6. The van der Waals surface area contributed by atoms with Gasteiger partial charge in [-0.05, 0) is 36.8 Å². The van der Waals surface area contributed by atoms with Crippen LogP contribution in [0.5, 0.6) is 11.5 Å². The number of nitrogens with zero attached hydrogens (tertiary/aromatic N) is 1. The van der Waals surface area contributed by atoms with E-state index in [0.717, 1.165) is 5.56 Å². The number of aliphatic carboxylic acids is 1. The average molecular weight is 385 g/mol. The molecule has 1 saturated carbocycles. The van der Waals surface area contributed by atoms with Crippen molar-refractivity contribution >= 4 is 15.8 Å². The van der Waals surface area contributed by atoms with Crippen molar-refractivity contribution in [3.05, 3.63) is 53.6 Å². The van der Waals surface area contributed by atoms with E-state index < -0.39 is 32.4 Å². The van der Waals surface area contributed by atoms with E-state index >= 15 is 0 Å². The van der Waals surface area contributed by atoms with Gasteiger partial charge in [0.15, 0.2) is 26.8 Å². The zero-order valence-electron chi connectivity index (χ0n) is 14.2. The predicted octanol–water partition coefficient (Wildman–Crippen LogP) is 2.26. The molecule has 8 heteroatoms. The lowest BCUT2D eigenvalue weighted by atomic mass is 10.0. The maximum absolute atomic E-state index is 13.1. The minimum atomic E-state index is -4.03. The first-order valence-corrected chi connectivity index (χ1v) is 9.72. The highest BCUT2D eigenvalue weighted by Crippen LogP contribution is 2.64. The molecule has 0 amide bonds. The molecule has 0 saturated heterocycles. The fraction of sp³-hybridized carbons (Fsp3) is 0.263. The fourth-order valence-electron chi connectivity index (χ4n) is 3.63. The number of hydrogen-bond donors (Lipinski definition) is 1. The largest absolute Gasteiger partial charge is 0.480 e. The van der Waals surface area contributed by atoms with Crippen LogP contribution in [-0.4, -0.2) is 31.5 Å². The van der Waals surface area contributed by atoms with Gasteiger partial charge in [0.1, 0.15) is 5.25 Å². The minimum absolute atomic E-state index is 0.00205. The number of sulfone groups is 1. The van der Waals surface area contributed by atoms with Gasteiger partial charge in [-0.2, -0.15) is 5.26 Å². The number of carboxylic acid groups (broad SMARTS) is 1. The van der Waals surface area contributed by atoms with Crippen molar-refractivity contribution in [2.45, 2.75) is 23.0 Å². The van der Waals surface area contributed by atoms with Crippen molar-refractivity contribution in [2.24, 2.45) is 5.41 Å². The molecule has 0 aromatic heterocycles. The van der Waals surface area contributed by atoms with Gasteiger partial charge in [-0.3, -0.25) is 4.79 Å². The summed E-state index contributed by atoms with van der Waals surface area (Å²) in [6.07, 6.45) is 0. The van der Waals surface area contributed by atoms with Crippen LogP contribution in [0.3, 0.4) is 0 Å². The van der Waals surface area contributed by atoms with Crippen molar-refractivity contribution in [2.75, 3.05) is 6.79 Å². The number of carboxylic acids is 1. The molecular weight excluding hydrogens is 370 g/mol. The molecule has 0 unspecified atom stereocenters. The summed E-state index contributed by atoms with van der Waals surface area (Å²) < 4.78 is 36.8. The monoisotopic (exact) mass is 385 g/mol. The molecule has 7 nitrogen and oxygen atoms in total. The highest BCUT2D eigenvalue weighted by molar-refractivity contribution is 7.92. The number of hydrogen-bond acceptors (Lipinski definition) is 6. The number of ether oxygens (including phenoxy) is 2. The molecular formula is C19H15NO6S. The maximum atomic E-state index is 13.1. The molecule has 1 aliphatic heterocycles. The average Bonchev–Trinajstić information content (AvgIpc) is 3.15. The summed E-state index contributed by atoms with van der Waals surface area (Å²) in [6.45, 7) is 1.86. The van der Waals surface area contributed by atoms with Gasteiger partial charge in [0, 0.05) is 5.92 Å². The summed E-state index contributed by atoms with van der Waals surface area (Å²) in [7, 11) is -4.03. The van der Waals surface area contributed by atoms with Gasteiger partial charge in [0.2, 0.25) is 6.79 Å². The van der Waals surface area contributed by atoms with E-state index in [-0.39, 0.29) is 11.7 Å². The molecule has 0 spiro atoms. The molecule has 1 N–H and O–H groups in total. The van der Waals surface area contributed by atoms with Crippen LogP contribution in [0.4, 0.5) is 0 Å². The molecule has 1 aliphatic carbocycles. The fourth-order valence-corrected chi connectivity index (χ4v) is 5.88. The number of carbonyl (C=O) groups is 1. The van der Waals surface area contributed by atoms with E-state index in [2.05, 4.69) is 0 Å². The van der Waals surface area contributed by atoms with Crippen molar-refractivity contribution in [3.63, 3.8) is 0 Å². The van der Waals surface area contributed by atoms with Crippen molar-refractivity contribution in [1.29, 1.82) is 5.26 Å². The highest BCUT2D eigenvalue weighted by atomic mass is 32.2. The topological polar surface area (TPSA) is 114 Å². The van der Waals surface area contributed by atoms with Gasteiger partial charge in [-0.15, -0.1) is 0 Å². The third kappa shape index (κ3) is 2.39. The predicted molar refractivity (Wildman–Crippen MR) is 93.1 cm³/mol. The third-order valence-electron chi connectivity index (χ3n) is 5.11. The quantitative estimate of drug-likeness (QED) is 0.858. The Labute approximate surface area is 155 Å². The molecule has 27 heavy (non-hydrogen) atoms. The Morgan fingerprint density at radius 3 is 2.48 bits per heavy atom. The Kier molecular flexibility index (Phi) is 3.68. The number of nitriles is 1. The Morgan fingerprint density at radius 1 is 1.19 bits per heavy atom. The number of aryl methyl sites for hydroxylation is 1. The van der Waals surface area contributed by atoms with Gasteiger partial charge in [-0.1, -0.05) is 23.8 Å². The third-order valence-corrected chi connectivity index (χ3v) is 7.35. The lowest BCUT2D eigenvalue weighted by Crippen LogP contribution is -2.22. The molecule has 1 heterocycles. The Hall–Kier alpha value is -3.05. The molecule has 3 atom stereocenters.